The number of anilines is 6. The van der Waals surface area contributed by atoms with Gasteiger partial charge in [-0.05, 0) is 150 Å². The zero-order chi connectivity index (χ0) is 62.0. The third-order valence-electron chi connectivity index (χ3n) is 20.3. The van der Waals surface area contributed by atoms with Crippen LogP contribution in [0.1, 0.15) is 74.9 Å². The predicted molar refractivity (Wildman–Crippen MR) is 374 cm³/mol. The summed E-state index contributed by atoms with van der Waals surface area (Å²) in [4.78, 5) is 4.57. The van der Waals surface area contributed by atoms with E-state index in [1.165, 1.54) is 44.5 Å². The van der Waals surface area contributed by atoms with Crippen molar-refractivity contribution in [2.45, 2.75) is 57.8 Å². The molecule has 0 aliphatic heterocycles. The van der Waals surface area contributed by atoms with Crippen LogP contribution >= 0.6 is 0 Å². The van der Waals surface area contributed by atoms with Crippen LogP contribution < -0.4 is 20.7 Å². The summed E-state index contributed by atoms with van der Waals surface area (Å²) in [6.45, 7) is 13.8. The molecule has 2 heterocycles. The van der Waals surface area contributed by atoms with E-state index in [9.17, 15) is 20.1 Å². The number of nitrogens with zero attached hydrogens (tertiary/aromatic N) is 2. The molecule has 8 nitrogen and oxygen atoms in total. The molecule has 17 rings (SSSR count). The molecule has 14 aromatic rings. The Morgan fingerprint density at radius 3 is 1.27 bits per heavy atom. The Bertz CT molecular complexity index is 5370. The maximum atomic E-state index is 11.3. The number of benzene rings is 12. The maximum absolute atomic E-state index is 11.3. The normalized spacial score (nSPS) is 14.3. The van der Waals surface area contributed by atoms with Crippen molar-refractivity contribution in [3.63, 3.8) is 0 Å². The second-order valence-electron chi connectivity index (χ2n) is 26.4. The van der Waals surface area contributed by atoms with Crippen LogP contribution in [0, 0.1) is 0 Å². The number of hydrogen-bond acceptors (Lipinski definition) is 8. The number of para-hydroxylation sites is 3. The molecule has 3 aliphatic carbocycles. The third-order valence-corrected chi connectivity index (χ3v) is 20.3. The zero-order valence-corrected chi connectivity index (χ0v) is 51.2. The van der Waals surface area contributed by atoms with Crippen molar-refractivity contribution >= 4 is 103 Å². The minimum atomic E-state index is -1.81. The Morgan fingerprint density at radius 1 is 0.297 bits per heavy atom. The Balaban J connectivity index is 0.833. The summed E-state index contributed by atoms with van der Waals surface area (Å²) in [6, 6.07) is 85.2. The molecule has 91 heavy (non-hydrogen) atoms. The van der Waals surface area contributed by atoms with Gasteiger partial charge in [0.1, 0.15) is 11.2 Å². The van der Waals surface area contributed by atoms with Crippen molar-refractivity contribution in [2.75, 3.05) is 9.80 Å². The van der Waals surface area contributed by atoms with Crippen molar-refractivity contribution in [1.82, 2.24) is 0 Å². The fourth-order valence-electron chi connectivity index (χ4n) is 15.9. The summed E-state index contributed by atoms with van der Waals surface area (Å²) in [5, 5.41) is 47.0. The highest BCUT2D eigenvalue weighted by Gasteiger charge is 2.41. The van der Waals surface area contributed by atoms with E-state index in [1.54, 1.807) is 12.1 Å². The quantitative estimate of drug-likeness (QED) is 0.100. The largest absolute Gasteiger partial charge is 0.492 e. The van der Waals surface area contributed by atoms with Crippen LogP contribution in [0.5, 0.6) is 0 Å². The molecule has 3 aliphatic rings. The van der Waals surface area contributed by atoms with Crippen LogP contribution in [0.15, 0.2) is 251 Å². The minimum Gasteiger partial charge on any atom is -0.454 e. The van der Waals surface area contributed by atoms with Crippen molar-refractivity contribution in [1.29, 1.82) is 0 Å². The van der Waals surface area contributed by atoms with E-state index >= 15 is 0 Å². The Labute approximate surface area is 528 Å². The first-order valence-corrected chi connectivity index (χ1v) is 31.3. The molecular formula is C81H62B2N2O6. The first-order chi connectivity index (χ1) is 44.1. The maximum Gasteiger partial charge on any atom is 0.492 e. The van der Waals surface area contributed by atoms with Crippen LogP contribution in [-0.2, 0) is 16.2 Å². The van der Waals surface area contributed by atoms with E-state index < -0.39 is 19.7 Å². The second-order valence-corrected chi connectivity index (χ2v) is 26.4. The molecule has 2 aromatic heterocycles. The number of furan rings is 2. The molecule has 10 heteroatoms. The molecule has 4 N–H and O–H groups in total. The van der Waals surface area contributed by atoms with Gasteiger partial charge in [-0.25, -0.2) is 0 Å². The van der Waals surface area contributed by atoms with Gasteiger partial charge in [0.05, 0.1) is 11.4 Å². The fourth-order valence-corrected chi connectivity index (χ4v) is 15.9. The molecule has 0 spiro atoms. The second kappa shape index (κ2) is 19.9. The lowest BCUT2D eigenvalue weighted by atomic mass is 9.75. The minimum absolute atomic E-state index is 0.253. The van der Waals surface area contributed by atoms with Gasteiger partial charge in [0.15, 0.2) is 11.2 Å². The van der Waals surface area contributed by atoms with Crippen LogP contribution in [0.25, 0.3) is 99.5 Å². The summed E-state index contributed by atoms with van der Waals surface area (Å²) >= 11 is 0. The van der Waals surface area contributed by atoms with Crippen LogP contribution in [0.2, 0.25) is 0 Å². The Kier molecular flexibility index (Phi) is 12.0. The fraction of sp³-hybridized carbons (Fsp3) is 0.111. The molecule has 0 atom stereocenters. The molecule has 438 valence electrons. The van der Waals surface area contributed by atoms with E-state index in [0.29, 0.717) is 27.8 Å². The lowest BCUT2D eigenvalue weighted by molar-refractivity contribution is 0.424. The average molecular weight is 1180 g/mol. The lowest BCUT2D eigenvalue weighted by Gasteiger charge is -2.30. The average Bonchev–Trinajstić information content (AvgIpc) is 1.58. The van der Waals surface area contributed by atoms with Crippen molar-refractivity contribution in [3.8, 4) is 55.6 Å². The van der Waals surface area contributed by atoms with Gasteiger partial charge in [0, 0.05) is 71.5 Å². The van der Waals surface area contributed by atoms with Gasteiger partial charge in [-0.15, -0.1) is 0 Å². The smallest absolute Gasteiger partial charge is 0.454 e. The lowest BCUT2D eigenvalue weighted by Crippen LogP contribution is -2.30. The Morgan fingerprint density at radius 2 is 0.692 bits per heavy atom. The van der Waals surface area contributed by atoms with Crippen LogP contribution in [0.4, 0.5) is 34.1 Å². The van der Waals surface area contributed by atoms with Crippen LogP contribution in [0.3, 0.4) is 0 Å². The molecule has 0 unspecified atom stereocenters. The SMILES string of the molecule is CC1(C)c2ccccc2-c2ccc(N(c3ccc4c(c3)C(C)(C)c3c-4cccc3-c3ccc(B(O)O)c4oc5c(N(c6ccc(-c7ccccc7)cc6)c6ccc7c(c6)C(C)(C)c6ccccc6-7)cccc5c34)c3cccc4c3oc3c(B(O)O)cccc34)cc21. The van der Waals surface area contributed by atoms with Gasteiger partial charge in [0.25, 0.3) is 0 Å². The van der Waals surface area contributed by atoms with Crippen molar-refractivity contribution in [2.24, 2.45) is 0 Å². The molecule has 0 fully saturated rings. The number of hydrogen-bond donors (Lipinski definition) is 4. The molecular weight excluding hydrogens is 1120 g/mol. The van der Waals surface area contributed by atoms with E-state index in [-0.39, 0.29) is 16.3 Å². The predicted octanol–water partition coefficient (Wildman–Crippen LogP) is 18.0. The highest BCUT2D eigenvalue weighted by Crippen LogP contribution is 2.58. The number of rotatable bonds is 10. The van der Waals surface area contributed by atoms with E-state index in [2.05, 4.69) is 245 Å². The standard InChI is InChI=1S/C81H62B2N2O6/c1-79(2)64-27-12-10-20-53(64)55-39-36-50(44-66(55)79)84(49-34-32-48(33-35-49)47-18-8-7-9-19-47)72-31-17-26-63-73-58(42-43-70(83(88)89)78(73)91-77(63)72)60-23-14-22-59-57-41-38-52(46-68(57)81(5,6)74(59)60)85(51-37-40-56-54-21-11-13-28-65(54)80(3,4)67(56)45-51)71-30-16-25-62-61-24-15-29-69(82(86)87)75(61)90-76(62)71/h7-46,86-89H,1-6H3. The van der Waals surface area contributed by atoms with Gasteiger partial charge in [-0.3, -0.25) is 0 Å². The van der Waals surface area contributed by atoms with E-state index in [4.69, 9.17) is 8.83 Å². The molecule has 0 radical (unpaired) electrons. The first kappa shape index (κ1) is 54.9. The monoisotopic (exact) mass is 1180 g/mol. The molecule has 12 aromatic carbocycles. The Hall–Kier alpha value is -10.2. The van der Waals surface area contributed by atoms with Crippen molar-refractivity contribution in [3.05, 3.63) is 276 Å². The highest BCUT2D eigenvalue weighted by molar-refractivity contribution is 6.62. The van der Waals surface area contributed by atoms with Gasteiger partial charge in [-0.2, -0.15) is 0 Å². The molecule has 0 saturated carbocycles. The summed E-state index contributed by atoms with van der Waals surface area (Å²) in [6.07, 6.45) is 0. The van der Waals surface area contributed by atoms with Crippen molar-refractivity contribution < 1.29 is 28.9 Å². The summed E-state index contributed by atoms with van der Waals surface area (Å²) in [5.74, 6) is 0. The van der Waals surface area contributed by atoms with E-state index in [1.807, 2.05) is 36.4 Å². The molecule has 0 saturated heterocycles. The first-order valence-electron chi connectivity index (χ1n) is 31.3. The summed E-state index contributed by atoms with van der Waals surface area (Å²) in [7, 11) is -3.53. The van der Waals surface area contributed by atoms with Gasteiger partial charge in [-0.1, -0.05) is 224 Å². The van der Waals surface area contributed by atoms with Gasteiger partial charge in [0.2, 0.25) is 0 Å². The summed E-state index contributed by atoms with van der Waals surface area (Å²) in [5.41, 5.74) is 25.6. The third kappa shape index (κ3) is 8.00. The van der Waals surface area contributed by atoms with Crippen LogP contribution in [-0.4, -0.2) is 34.3 Å². The number of fused-ring (bicyclic) bond motifs is 15. The summed E-state index contributed by atoms with van der Waals surface area (Å²) < 4.78 is 14.1. The molecule has 0 bridgehead atoms. The topological polar surface area (TPSA) is 114 Å². The van der Waals surface area contributed by atoms with Gasteiger partial charge < -0.3 is 38.7 Å². The molecule has 0 amide bonds. The highest BCUT2D eigenvalue weighted by atomic mass is 16.4. The van der Waals surface area contributed by atoms with E-state index in [0.717, 1.165) is 100 Å². The zero-order valence-electron chi connectivity index (χ0n) is 51.2. The van der Waals surface area contributed by atoms with Gasteiger partial charge >= 0.3 is 14.2 Å².